The van der Waals surface area contributed by atoms with Gasteiger partial charge >= 0.3 is 0 Å². The molecule has 0 aliphatic rings. The second kappa shape index (κ2) is 29.2. The summed E-state index contributed by atoms with van der Waals surface area (Å²) in [6.07, 6.45) is 0. The molecule has 0 aliphatic carbocycles. The summed E-state index contributed by atoms with van der Waals surface area (Å²) in [6.45, 7) is 5.64. The highest BCUT2D eigenvalue weighted by molar-refractivity contribution is 6.63. The first-order valence-corrected chi connectivity index (χ1v) is 3.75. The van der Waals surface area contributed by atoms with Gasteiger partial charge in [-0.15, -0.1) is 12.4 Å². The van der Waals surface area contributed by atoms with Crippen LogP contribution in [0.2, 0.25) is 0 Å². The Morgan fingerprint density at radius 3 is 0.800 bits per heavy atom. The zero-order valence-corrected chi connectivity index (χ0v) is 10.7. The summed E-state index contributed by atoms with van der Waals surface area (Å²) in [5.41, 5.74) is 0. The Kier molecular flexibility index (Phi) is 70.8. The predicted molar refractivity (Wildman–Crippen MR) is 67.0 cm³/mol. The average molecular weight is 286 g/mol. The Bertz CT molecular complexity index is 119. The Morgan fingerprint density at radius 1 is 0.800 bits per heavy atom. The van der Waals surface area contributed by atoms with Crippen LogP contribution in [0.15, 0.2) is 0 Å². The zero-order valence-electron chi connectivity index (χ0n) is 8.39. The molecule has 96 valence electrons. The number of ketones is 1. The maximum absolute atomic E-state index is 9.44. The van der Waals surface area contributed by atoms with Crippen molar-refractivity contribution in [3.63, 3.8) is 0 Å². The van der Waals surface area contributed by atoms with Crippen LogP contribution in [-0.4, -0.2) is 21.7 Å². The van der Waals surface area contributed by atoms with Crippen LogP contribution < -0.4 is 0 Å². The van der Waals surface area contributed by atoms with Crippen molar-refractivity contribution in [2.45, 2.75) is 35.1 Å². The van der Waals surface area contributed by atoms with Crippen LogP contribution in [-0.2, 0) is 14.4 Å². The Labute approximate surface area is 107 Å². The molecule has 0 amide bonds. The highest BCUT2D eigenvalue weighted by Gasteiger charge is 1.67. The van der Waals surface area contributed by atoms with E-state index >= 15 is 0 Å². The van der Waals surface area contributed by atoms with E-state index in [4.69, 9.17) is 0 Å². The maximum Gasteiger partial charge on any atom is 0.218 e. The van der Waals surface area contributed by atoms with Crippen LogP contribution in [0.3, 0.4) is 0 Å². The number of rotatable bonds is 0. The number of carbonyl (C=O) groups excluding carboxylic acids is 3. The molecule has 0 saturated carbocycles. The van der Waals surface area contributed by atoms with Crippen molar-refractivity contribution in [1.29, 1.82) is 0 Å². The lowest BCUT2D eigenvalue weighted by atomic mass is 10.6. The molecule has 0 aromatic rings. The number of hydrogen-bond donors (Lipinski definition) is 0. The van der Waals surface area contributed by atoms with E-state index < -0.39 is 0 Å². The normalized spacial score (nSPS) is 5.20. The van der Waals surface area contributed by atoms with Crippen molar-refractivity contribution in [1.82, 2.24) is 0 Å². The van der Waals surface area contributed by atoms with Crippen molar-refractivity contribution in [2.24, 2.45) is 0 Å². The summed E-state index contributed by atoms with van der Waals surface area (Å²) in [5, 5.41) is -0.722. The highest BCUT2D eigenvalue weighted by Crippen LogP contribution is 1.68. The van der Waals surface area contributed by atoms with Gasteiger partial charge in [-0.05, 0) is 37.0 Å². The molecule has 15 heavy (non-hydrogen) atoms. The van der Waals surface area contributed by atoms with E-state index in [-0.39, 0.29) is 41.6 Å². The van der Waals surface area contributed by atoms with Gasteiger partial charge in [0.1, 0.15) is 5.78 Å². The molecule has 0 aromatic heterocycles. The van der Waals surface area contributed by atoms with Gasteiger partial charge in [0.05, 0.1) is 0 Å². The molecule has 4 nitrogen and oxygen atoms in total. The zero-order chi connectivity index (χ0) is 10.7. The van der Waals surface area contributed by atoms with Gasteiger partial charge in [-0.3, -0.25) is 9.59 Å². The fourth-order valence-corrected chi connectivity index (χ4v) is 0. The van der Waals surface area contributed by atoms with Crippen LogP contribution in [0.5, 0.6) is 0 Å². The first kappa shape index (κ1) is 36.4. The summed E-state index contributed by atoms with van der Waals surface area (Å²) >= 11 is 9.27. The quantitative estimate of drug-likeness (QED) is 0.641. The fraction of sp³-hybridized carbons (Fsp3) is 0.625. The van der Waals surface area contributed by atoms with Crippen molar-refractivity contribution < 1.29 is 19.9 Å². The summed E-state index contributed by atoms with van der Waals surface area (Å²) in [5.74, 6) is 0.167. The first-order valence-electron chi connectivity index (χ1n) is 2.99. The molecule has 7 heteroatoms. The van der Waals surface area contributed by atoms with E-state index in [1.165, 1.54) is 27.7 Å². The minimum atomic E-state index is -0.361. The lowest BCUT2D eigenvalue weighted by Crippen LogP contribution is -1.69. The molecular weight excluding hydrogens is 266 g/mol. The molecule has 0 fully saturated rings. The van der Waals surface area contributed by atoms with E-state index in [0.717, 1.165) is 0 Å². The predicted octanol–water partition coefficient (Wildman–Crippen LogP) is 2.37. The van der Waals surface area contributed by atoms with Gasteiger partial charge in [0.15, 0.2) is 0 Å². The second-order valence-electron chi connectivity index (χ2n) is 1.85. The second-order valence-corrected chi connectivity index (χ2v) is 2.91. The Morgan fingerprint density at radius 2 is 0.800 bits per heavy atom. The lowest BCUT2D eigenvalue weighted by Gasteiger charge is -1.56. The average Bonchev–Trinajstić information content (AvgIpc) is 1.54. The molecule has 0 radical (unpaired) electrons. The molecule has 2 N–H and O–H groups in total. The van der Waals surface area contributed by atoms with Crippen molar-refractivity contribution in [3.05, 3.63) is 0 Å². The third kappa shape index (κ3) is 75800. The first-order chi connectivity index (χ1) is 5.20. The Balaban J connectivity index is -0.0000000184. The summed E-state index contributed by atoms with van der Waals surface area (Å²) in [7, 11) is 0. The standard InChI is InChI=1S/C3H6O.2C2H3ClO.CH4.ClH.H2O/c1-3(2)4;2*1-2(3)4;;;/h1-2H3;2*1H3;1H4;1H;1H2. The fourth-order valence-electron chi connectivity index (χ4n) is 0. The van der Waals surface area contributed by atoms with Crippen molar-refractivity contribution in [3.8, 4) is 0 Å². The van der Waals surface area contributed by atoms with Gasteiger partial charge < -0.3 is 10.3 Å². The van der Waals surface area contributed by atoms with Crippen LogP contribution in [0, 0.1) is 0 Å². The lowest BCUT2D eigenvalue weighted by molar-refractivity contribution is -0.115. The summed E-state index contributed by atoms with van der Waals surface area (Å²) in [4.78, 5) is 27.9. The molecule has 0 unspecified atom stereocenters. The number of hydrogen-bond acceptors (Lipinski definition) is 3. The molecule has 0 aliphatic heterocycles. The van der Waals surface area contributed by atoms with E-state index in [9.17, 15) is 14.4 Å². The molecule has 0 bridgehead atoms. The SMILES string of the molecule is C.CC(=O)Cl.CC(=O)Cl.CC(C)=O.Cl.O. The molecule has 0 atom stereocenters. The summed E-state index contributed by atoms with van der Waals surface area (Å²) < 4.78 is 0. The van der Waals surface area contributed by atoms with Crippen molar-refractivity contribution in [2.75, 3.05) is 0 Å². The minimum absolute atomic E-state index is 0. The van der Waals surface area contributed by atoms with Crippen LogP contribution in [0.1, 0.15) is 35.1 Å². The molecular formula is C8H19Cl3O4. The van der Waals surface area contributed by atoms with Crippen LogP contribution in [0.25, 0.3) is 0 Å². The third-order valence-electron chi connectivity index (χ3n) is 0. The third-order valence-corrected chi connectivity index (χ3v) is 0. The smallest absolute Gasteiger partial charge is 0.218 e. The Hall–Kier alpha value is -0.160. The van der Waals surface area contributed by atoms with Gasteiger partial charge in [-0.2, -0.15) is 0 Å². The van der Waals surface area contributed by atoms with Gasteiger partial charge in [0, 0.05) is 13.8 Å². The topological polar surface area (TPSA) is 82.7 Å². The molecule has 0 spiro atoms. The van der Waals surface area contributed by atoms with E-state index in [1.807, 2.05) is 0 Å². The number of Topliss-reactive ketones (excluding diaryl/α,β-unsaturated/α-hetero) is 1. The molecule has 0 heterocycles. The van der Waals surface area contributed by atoms with E-state index in [1.54, 1.807) is 0 Å². The molecule has 0 saturated heterocycles. The van der Waals surface area contributed by atoms with Gasteiger partial charge in [0.2, 0.25) is 10.5 Å². The monoisotopic (exact) mass is 284 g/mol. The largest absolute Gasteiger partial charge is 0.412 e. The molecule has 0 rings (SSSR count). The highest BCUT2D eigenvalue weighted by atomic mass is 35.5. The van der Waals surface area contributed by atoms with Crippen LogP contribution in [0.4, 0.5) is 0 Å². The maximum atomic E-state index is 9.44. The summed E-state index contributed by atoms with van der Waals surface area (Å²) in [6, 6.07) is 0. The molecule has 0 aromatic carbocycles. The number of carbonyl (C=O) groups is 3. The van der Waals surface area contributed by atoms with Crippen molar-refractivity contribution >= 4 is 51.9 Å². The minimum Gasteiger partial charge on any atom is -0.412 e. The van der Waals surface area contributed by atoms with Crippen LogP contribution >= 0.6 is 35.6 Å². The number of halogens is 3. The van der Waals surface area contributed by atoms with Gasteiger partial charge in [-0.25, -0.2) is 0 Å². The van der Waals surface area contributed by atoms with Gasteiger partial charge in [-0.1, -0.05) is 7.43 Å². The van der Waals surface area contributed by atoms with Gasteiger partial charge in [0.25, 0.3) is 0 Å². The van der Waals surface area contributed by atoms with E-state index in [2.05, 4.69) is 23.2 Å². The van der Waals surface area contributed by atoms with E-state index in [0.29, 0.717) is 0 Å².